The molecule has 0 radical (unpaired) electrons. The van der Waals surface area contributed by atoms with Crippen molar-refractivity contribution in [3.8, 4) is 0 Å². The van der Waals surface area contributed by atoms with E-state index in [0.29, 0.717) is 18.7 Å². The Morgan fingerprint density at radius 3 is 2.14 bits per heavy atom. The highest BCUT2D eigenvalue weighted by Gasteiger charge is 2.24. The maximum atomic E-state index is 12.7. The summed E-state index contributed by atoms with van der Waals surface area (Å²) >= 11 is 0. The molecule has 0 spiro atoms. The molecule has 152 valence electrons. The zero-order chi connectivity index (χ0) is 20.7. The van der Waals surface area contributed by atoms with E-state index in [9.17, 15) is 16.8 Å². The first-order valence-electron chi connectivity index (χ1n) is 9.06. The minimum Gasteiger partial charge on any atom is -0.280 e. The first-order chi connectivity index (χ1) is 12.9. The van der Waals surface area contributed by atoms with Crippen LogP contribution in [0.5, 0.6) is 0 Å². The van der Waals surface area contributed by atoms with Crippen LogP contribution in [-0.4, -0.2) is 33.9 Å². The summed E-state index contributed by atoms with van der Waals surface area (Å²) in [5.74, 6) is 0. The molecular weight excluding hydrogens is 396 g/mol. The Labute approximate surface area is 167 Å². The monoisotopic (exact) mass is 422 g/mol. The second kappa shape index (κ2) is 7.17. The third-order valence-corrected chi connectivity index (χ3v) is 7.58. The summed E-state index contributed by atoms with van der Waals surface area (Å²) in [4.78, 5) is 0.191. The van der Waals surface area contributed by atoms with Crippen LogP contribution >= 0.6 is 0 Å². The molecule has 0 unspecified atom stereocenters. The minimum atomic E-state index is -3.73. The first-order valence-corrected chi connectivity index (χ1v) is 12.4. The smallest absolute Gasteiger partial charge is 0.261 e. The second-order valence-corrected chi connectivity index (χ2v) is 11.9. The van der Waals surface area contributed by atoms with Gasteiger partial charge in [0.1, 0.15) is 0 Å². The highest BCUT2D eigenvalue weighted by molar-refractivity contribution is 7.92. The molecule has 0 amide bonds. The van der Waals surface area contributed by atoms with Crippen LogP contribution in [0.2, 0.25) is 0 Å². The largest absolute Gasteiger partial charge is 0.280 e. The van der Waals surface area contributed by atoms with Gasteiger partial charge in [-0.3, -0.25) is 4.72 Å². The molecule has 2 aromatic carbocycles. The lowest BCUT2D eigenvalue weighted by Gasteiger charge is -2.27. The Morgan fingerprint density at radius 2 is 1.57 bits per heavy atom. The summed E-state index contributed by atoms with van der Waals surface area (Å²) in [5.41, 5.74) is 3.28. The standard InChI is InChI=1S/C20H26N2O4S2/c1-20(2,3)17-6-9-19(10-7-17)28(25,26)21-18-8-5-15-11-12-22(27(4,23)24)14-16(15)13-18/h5-10,13,21H,11-12,14H2,1-4H3. The van der Waals surface area contributed by atoms with Crippen LogP contribution in [0.3, 0.4) is 0 Å². The van der Waals surface area contributed by atoms with Crippen molar-refractivity contribution in [3.63, 3.8) is 0 Å². The third-order valence-electron chi connectivity index (χ3n) is 4.94. The molecule has 0 aromatic heterocycles. The number of hydrogen-bond acceptors (Lipinski definition) is 4. The highest BCUT2D eigenvalue weighted by atomic mass is 32.2. The Morgan fingerprint density at radius 1 is 0.929 bits per heavy atom. The van der Waals surface area contributed by atoms with E-state index < -0.39 is 20.0 Å². The molecule has 0 atom stereocenters. The van der Waals surface area contributed by atoms with Gasteiger partial charge < -0.3 is 0 Å². The molecule has 3 rings (SSSR count). The molecule has 8 heteroatoms. The van der Waals surface area contributed by atoms with E-state index in [1.165, 1.54) is 10.6 Å². The lowest BCUT2D eigenvalue weighted by atomic mass is 9.87. The number of anilines is 1. The van der Waals surface area contributed by atoms with E-state index in [2.05, 4.69) is 25.5 Å². The van der Waals surface area contributed by atoms with Crippen LogP contribution in [0.25, 0.3) is 0 Å². The fraction of sp³-hybridized carbons (Fsp3) is 0.400. The van der Waals surface area contributed by atoms with Crippen LogP contribution < -0.4 is 4.72 Å². The van der Waals surface area contributed by atoms with Crippen molar-refractivity contribution in [2.45, 2.75) is 44.0 Å². The summed E-state index contributed by atoms with van der Waals surface area (Å²) in [6.07, 6.45) is 1.80. The lowest BCUT2D eigenvalue weighted by molar-refractivity contribution is 0.395. The topological polar surface area (TPSA) is 83.6 Å². The molecule has 1 heterocycles. The predicted octanol–water partition coefficient (Wildman–Crippen LogP) is 3.10. The van der Waals surface area contributed by atoms with Gasteiger partial charge in [-0.15, -0.1) is 0 Å². The van der Waals surface area contributed by atoms with E-state index in [-0.39, 0.29) is 16.9 Å². The number of benzene rings is 2. The second-order valence-electron chi connectivity index (χ2n) is 8.21. The van der Waals surface area contributed by atoms with Gasteiger partial charge in [-0.05, 0) is 52.8 Å². The number of sulfonamides is 2. The van der Waals surface area contributed by atoms with E-state index in [1.807, 2.05) is 18.2 Å². The molecule has 1 aliphatic heterocycles. The third kappa shape index (κ3) is 4.56. The molecular formula is C20H26N2O4S2. The van der Waals surface area contributed by atoms with Crippen LogP contribution in [0, 0.1) is 0 Å². The summed E-state index contributed by atoms with van der Waals surface area (Å²) in [7, 11) is -7.01. The number of hydrogen-bond donors (Lipinski definition) is 1. The molecule has 1 N–H and O–H groups in total. The van der Waals surface area contributed by atoms with Crippen LogP contribution in [0.4, 0.5) is 5.69 Å². The van der Waals surface area contributed by atoms with Gasteiger partial charge in [0.05, 0.1) is 11.2 Å². The zero-order valence-electron chi connectivity index (χ0n) is 16.6. The van der Waals surface area contributed by atoms with Crippen molar-refractivity contribution >= 4 is 25.7 Å². The summed E-state index contributed by atoms with van der Waals surface area (Å²) in [6, 6.07) is 12.1. The van der Waals surface area contributed by atoms with Gasteiger partial charge in [-0.25, -0.2) is 16.8 Å². The molecule has 2 aromatic rings. The van der Waals surface area contributed by atoms with Gasteiger partial charge in [0.15, 0.2) is 0 Å². The summed E-state index contributed by atoms with van der Waals surface area (Å²) in [5, 5.41) is 0. The van der Waals surface area contributed by atoms with Gasteiger partial charge >= 0.3 is 0 Å². The zero-order valence-corrected chi connectivity index (χ0v) is 18.2. The minimum absolute atomic E-state index is 0.0559. The molecule has 28 heavy (non-hydrogen) atoms. The average Bonchev–Trinajstić information content (AvgIpc) is 2.59. The van der Waals surface area contributed by atoms with Crippen molar-refractivity contribution in [2.24, 2.45) is 0 Å². The van der Waals surface area contributed by atoms with Gasteiger partial charge in [0, 0.05) is 18.8 Å². The first kappa shape index (κ1) is 20.8. The van der Waals surface area contributed by atoms with Gasteiger partial charge in [0.2, 0.25) is 10.0 Å². The van der Waals surface area contributed by atoms with Crippen LogP contribution in [-0.2, 0) is 38.4 Å². The van der Waals surface area contributed by atoms with Crippen LogP contribution in [0.1, 0.15) is 37.5 Å². The molecule has 0 bridgehead atoms. The fourth-order valence-electron chi connectivity index (χ4n) is 3.23. The normalized spacial score (nSPS) is 15.9. The maximum absolute atomic E-state index is 12.7. The fourth-order valence-corrected chi connectivity index (χ4v) is 5.07. The summed E-state index contributed by atoms with van der Waals surface area (Å²) < 4.78 is 53.1. The average molecular weight is 423 g/mol. The Hall–Kier alpha value is -1.90. The van der Waals surface area contributed by atoms with E-state index in [0.717, 1.165) is 16.7 Å². The molecule has 0 fully saturated rings. The van der Waals surface area contributed by atoms with E-state index in [1.54, 1.807) is 24.3 Å². The number of rotatable bonds is 4. The van der Waals surface area contributed by atoms with Gasteiger partial charge in [-0.1, -0.05) is 39.0 Å². The van der Waals surface area contributed by atoms with Gasteiger partial charge in [0.25, 0.3) is 10.0 Å². The van der Waals surface area contributed by atoms with Crippen molar-refractivity contribution in [1.29, 1.82) is 0 Å². The van der Waals surface area contributed by atoms with Crippen molar-refractivity contribution < 1.29 is 16.8 Å². The maximum Gasteiger partial charge on any atom is 0.261 e. The predicted molar refractivity (Wildman–Crippen MR) is 111 cm³/mol. The van der Waals surface area contributed by atoms with E-state index in [4.69, 9.17) is 0 Å². The molecule has 6 nitrogen and oxygen atoms in total. The molecule has 0 saturated heterocycles. The van der Waals surface area contributed by atoms with Gasteiger partial charge in [-0.2, -0.15) is 4.31 Å². The Bertz CT molecular complexity index is 1080. The Balaban J connectivity index is 1.84. The van der Waals surface area contributed by atoms with Crippen molar-refractivity contribution in [1.82, 2.24) is 4.31 Å². The van der Waals surface area contributed by atoms with Crippen molar-refractivity contribution in [2.75, 3.05) is 17.5 Å². The number of nitrogens with zero attached hydrogens (tertiary/aromatic N) is 1. The summed E-state index contributed by atoms with van der Waals surface area (Å²) in [6.45, 7) is 6.91. The SMILES string of the molecule is CC(C)(C)c1ccc(S(=O)(=O)Nc2ccc3c(c2)CN(S(C)(=O)=O)CC3)cc1. The lowest BCUT2D eigenvalue weighted by Crippen LogP contribution is -2.35. The number of fused-ring (bicyclic) bond motifs is 1. The number of nitrogens with one attached hydrogen (secondary N) is 1. The van der Waals surface area contributed by atoms with Crippen molar-refractivity contribution in [3.05, 3.63) is 59.2 Å². The molecule has 1 aliphatic rings. The highest BCUT2D eigenvalue weighted by Crippen LogP contribution is 2.27. The molecule has 0 aliphatic carbocycles. The molecule has 0 saturated carbocycles. The van der Waals surface area contributed by atoms with E-state index >= 15 is 0 Å². The Kier molecular flexibility index (Phi) is 5.33. The van der Waals surface area contributed by atoms with Crippen LogP contribution in [0.15, 0.2) is 47.4 Å². The quantitative estimate of drug-likeness (QED) is 0.821.